The van der Waals surface area contributed by atoms with Crippen LogP contribution in [0.4, 0.5) is 8.78 Å². The molecule has 0 saturated carbocycles. The van der Waals surface area contributed by atoms with Crippen LogP contribution in [0.15, 0.2) is 39.9 Å². The zero-order valence-electron chi connectivity index (χ0n) is 17.5. The normalized spacial score (nSPS) is 10.5. The van der Waals surface area contributed by atoms with Crippen LogP contribution in [0.5, 0.6) is 5.75 Å². The van der Waals surface area contributed by atoms with Crippen LogP contribution >= 0.6 is 28.3 Å². The molecular formula is C21H21BrClF2N5O3. The lowest BCUT2D eigenvalue weighted by atomic mass is 10.1. The lowest BCUT2D eigenvalue weighted by Gasteiger charge is -2.15. The molecule has 0 unspecified atom stereocenters. The van der Waals surface area contributed by atoms with Crippen LogP contribution in [-0.2, 0) is 24.4 Å². The first kappa shape index (κ1) is 26.4. The molecule has 3 rings (SSSR count). The van der Waals surface area contributed by atoms with E-state index in [0.717, 1.165) is 12.1 Å². The molecule has 0 bridgehead atoms. The highest BCUT2D eigenvalue weighted by Gasteiger charge is 2.18. The second-order valence-corrected chi connectivity index (χ2v) is 7.67. The lowest BCUT2D eigenvalue weighted by molar-refractivity contribution is -0.119. The number of carbonyl (C=O) groups excluding carboxylic acids is 1. The summed E-state index contributed by atoms with van der Waals surface area (Å²) in [5.41, 5.74) is 7.30. The van der Waals surface area contributed by atoms with E-state index in [4.69, 9.17) is 10.5 Å². The van der Waals surface area contributed by atoms with E-state index in [-0.39, 0.29) is 60.2 Å². The van der Waals surface area contributed by atoms with E-state index in [2.05, 4.69) is 36.2 Å². The molecule has 0 aliphatic carbocycles. The fourth-order valence-corrected chi connectivity index (χ4v) is 3.32. The van der Waals surface area contributed by atoms with Crippen LogP contribution in [0.25, 0.3) is 0 Å². The highest BCUT2D eigenvalue weighted by atomic mass is 79.9. The third-order valence-corrected chi connectivity index (χ3v) is 5.30. The molecule has 0 aliphatic heterocycles. The van der Waals surface area contributed by atoms with E-state index in [1.54, 1.807) is 13.1 Å². The molecule has 1 aromatic carbocycles. The average Bonchev–Trinajstić information content (AvgIpc) is 2.77. The Morgan fingerprint density at radius 2 is 1.94 bits per heavy atom. The number of nitrogens with one attached hydrogen (secondary N) is 2. The number of aryl methyl sites for hydroxylation is 1. The number of hydrogen-bond acceptors (Lipinski definition) is 6. The van der Waals surface area contributed by atoms with Crippen LogP contribution in [-0.4, -0.2) is 27.4 Å². The summed E-state index contributed by atoms with van der Waals surface area (Å²) >= 11 is 3.23. The van der Waals surface area contributed by atoms with Crippen LogP contribution in [0.3, 0.4) is 0 Å². The summed E-state index contributed by atoms with van der Waals surface area (Å²) in [4.78, 5) is 34.8. The molecule has 12 heteroatoms. The molecular weight excluding hydrogens is 524 g/mol. The predicted octanol–water partition coefficient (Wildman–Crippen LogP) is 2.68. The topological polar surface area (TPSA) is 123 Å². The van der Waals surface area contributed by atoms with Gasteiger partial charge in [0.1, 0.15) is 28.5 Å². The van der Waals surface area contributed by atoms with Gasteiger partial charge in [0, 0.05) is 35.5 Å². The molecule has 0 saturated heterocycles. The Hall–Kier alpha value is -2.89. The molecule has 176 valence electrons. The Labute approximate surface area is 202 Å². The van der Waals surface area contributed by atoms with Crippen molar-refractivity contribution in [1.29, 1.82) is 0 Å². The molecule has 8 nitrogen and oxygen atoms in total. The largest absolute Gasteiger partial charge is 0.487 e. The molecule has 33 heavy (non-hydrogen) atoms. The van der Waals surface area contributed by atoms with Gasteiger partial charge in [0.25, 0.3) is 5.56 Å². The van der Waals surface area contributed by atoms with Gasteiger partial charge in [-0.3, -0.25) is 19.6 Å². The second kappa shape index (κ2) is 11.8. The van der Waals surface area contributed by atoms with Gasteiger partial charge in [-0.1, -0.05) is 0 Å². The summed E-state index contributed by atoms with van der Waals surface area (Å²) in [6.07, 6.45) is 3.34. The number of carbonyl (C=O) groups is 1. The van der Waals surface area contributed by atoms with Crippen LogP contribution in [0, 0.1) is 18.6 Å². The van der Waals surface area contributed by atoms with Crippen molar-refractivity contribution in [2.24, 2.45) is 5.73 Å². The summed E-state index contributed by atoms with van der Waals surface area (Å²) in [6.45, 7) is 1.59. The van der Waals surface area contributed by atoms with E-state index >= 15 is 0 Å². The molecule has 0 spiro atoms. The average molecular weight is 545 g/mol. The van der Waals surface area contributed by atoms with Gasteiger partial charge in [0.15, 0.2) is 0 Å². The van der Waals surface area contributed by atoms with Crippen LogP contribution in [0.2, 0.25) is 0 Å². The number of benzene rings is 1. The summed E-state index contributed by atoms with van der Waals surface area (Å²) in [5.74, 6) is -1.50. The minimum Gasteiger partial charge on any atom is -0.487 e. The Balaban J connectivity index is 0.00000385. The van der Waals surface area contributed by atoms with Crippen molar-refractivity contribution in [2.45, 2.75) is 26.5 Å². The van der Waals surface area contributed by atoms with Crippen molar-refractivity contribution < 1.29 is 18.3 Å². The standard InChI is InChI=1S/C21H20BrF2N5O3.ClH/c1-11-16(5-14-7-27-15(8-26-14)9-28-18(30)6-25)20(19(22)21(31)29-11)32-10-12-2-3-13(23)4-17(12)24;/h2-4,7-8H,5-6,9-10,25H2,1H3,(H,28,30)(H,29,31);1H. The van der Waals surface area contributed by atoms with E-state index in [1.807, 2.05) is 0 Å². The van der Waals surface area contributed by atoms with Crippen LogP contribution < -0.4 is 21.3 Å². The van der Waals surface area contributed by atoms with Gasteiger partial charge >= 0.3 is 0 Å². The Bertz CT molecular complexity index is 1190. The molecule has 0 atom stereocenters. The number of nitrogens with two attached hydrogens (primary N) is 1. The van der Waals surface area contributed by atoms with Gasteiger partial charge in [-0.15, -0.1) is 12.4 Å². The zero-order valence-corrected chi connectivity index (χ0v) is 19.9. The number of hydrogen-bond donors (Lipinski definition) is 3. The van der Waals surface area contributed by atoms with Crippen molar-refractivity contribution >= 4 is 34.2 Å². The quantitative estimate of drug-likeness (QED) is 0.401. The molecule has 1 amide bonds. The van der Waals surface area contributed by atoms with Gasteiger partial charge in [-0.25, -0.2) is 8.78 Å². The fraction of sp³-hybridized carbons (Fsp3) is 0.238. The van der Waals surface area contributed by atoms with Gasteiger partial charge in [-0.2, -0.15) is 0 Å². The Kier molecular flexibility index (Phi) is 9.44. The van der Waals surface area contributed by atoms with Gasteiger partial charge in [-0.05, 0) is 35.0 Å². The lowest BCUT2D eigenvalue weighted by Crippen LogP contribution is -2.30. The zero-order chi connectivity index (χ0) is 23.3. The van der Waals surface area contributed by atoms with Crippen LogP contribution in [0.1, 0.15) is 28.2 Å². The molecule has 3 aromatic rings. The third-order valence-electron chi connectivity index (χ3n) is 4.58. The monoisotopic (exact) mass is 543 g/mol. The number of nitrogens with zero attached hydrogens (tertiary/aromatic N) is 2. The summed E-state index contributed by atoms with van der Waals surface area (Å²) in [7, 11) is 0. The minimum absolute atomic E-state index is 0. The number of pyridine rings is 1. The molecule has 0 aliphatic rings. The number of ether oxygens (including phenoxy) is 1. The molecule has 2 aromatic heterocycles. The SMILES string of the molecule is Cc1[nH]c(=O)c(Br)c(OCc2ccc(F)cc2F)c1Cc1cnc(CNC(=O)CN)cn1.Cl. The van der Waals surface area contributed by atoms with E-state index in [9.17, 15) is 18.4 Å². The van der Waals surface area contributed by atoms with Crippen molar-refractivity contribution in [1.82, 2.24) is 20.3 Å². The number of aromatic amines is 1. The van der Waals surface area contributed by atoms with E-state index < -0.39 is 17.2 Å². The second-order valence-electron chi connectivity index (χ2n) is 6.88. The molecule has 0 radical (unpaired) electrons. The van der Waals surface area contributed by atoms with Crippen molar-refractivity contribution in [3.8, 4) is 5.75 Å². The highest BCUT2D eigenvalue weighted by molar-refractivity contribution is 9.10. The minimum atomic E-state index is -0.743. The Morgan fingerprint density at radius 3 is 2.58 bits per heavy atom. The molecule has 0 fully saturated rings. The maximum Gasteiger partial charge on any atom is 0.266 e. The molecule has 4 N–H and O–H groups in total. The fourth-order valence-electron chi connectivity index (χ4n) is 2.87. The third kappa shape index (κ3) is 6.80. The van der Waals surface area contributed by atoms with Gasteiger partial charge in [0.2, 0.25) is 5.91 Å². The highest BCUT2D eigenvalue weighted by Crippen LogP contribution is 2.30. The summed E-state index contributed by atoms with van der Waals surface area (Å²) < 4.78 is 33.1. The van der Waals surface area contributed by atoms with Gasteiger partial charge < -0.3 is 20.8 Å². The van der Waals surface area contributed by atoms with E-state index in [0.29, 0.717) is 22.6 Å². The van der Waals surface area contributed by atoms with Crippen molar-refractivity contribution in [3.05, 3.63) is 85.3 Å². The first-order chi connectivity index (χ1) is 15.3. The Morgan fingerprint density at radius 1 is 1.24 bits per heavy atom. The summed E-state index contributed by atoms with van der Waals surface area (Å²) in [5, 5.41) is 2.60. The number of rotatable bonds is 8. The number of amides is 1. The van der Waals surface area contributed by atoms with Gasteiger partial charge in [0.05, 0.1) is 30.7 Å². The number of halogens is 4. The van der Waals surface area contributed by atoms with Crippen molar-refractivity contribution in [3.63, 3.8) is 0 Å². The van der Waals surface area contributed by atoms with E-state index in [1.165, 1.54) is 12.3 Å². The maximum atomic E-state index is 14.0. The molecule has 2 heterocycles. The predicted molar refractivity (Wildman–Crippen MR) is 123 cm³/mol. The summed E-state index contributed by atoms with van der Waals surface area (Å²) in [6, 6.07) is 3.19. The smallest absolute Gasteiger partial charge is 0.266 e. The first-order valence-corrected chi connectivity index (χ1v) is 10.3. The maximum absolute atomic E-state index is 14.0. The van der Waals surface area contributed by atoms with Crippen molar-refractivity contribution in [2.75, 3.05) is 6.54 Å². The number of H-pyrrole nitrogens is 1. The first-order valence-electron chi connectivity index (χ1n) is 9.53. The number of aromatic nitrogens is 3.